The highest BCUT2D eigenvalue weighted by atomic mass is 16.5. The number of rotatable bonds is 6. The van der Waals surface area contributed by atoms with Crippen LogP contribution in [0.25, 0.3) is 0 Å². The van der Waals surface area contributed by atoms with E-state index in [9.17, 15) is 14.7 Å². The molecule has 1 saturated carbocycles. The van der Waals surface area contributed by atoms with Gasteiger partial charge in [-0.2, -0.15) is 0 Å². The van der Waals surface area contributed by atoms with E-state index in [0.29, 0.717) is 13.2 Å². The van der Waals surface area contributed by atoms with Crippen molar-refractivity contribution < 1.29 is 19.4 Å². The highest BCUT2D eigenvalue weighted by molar-refractivity contribution is 5.91. The Morgan fingerprint density at radius 1 is 1.40 bits per heavy atom. The van der Waals surface area contributed by atoms with E-state index >= 15 is 0 Å². The highest BCUT2D eigenvalue weighted by Gasteiger charge is 2.66. The lowest BCUT2D eigenvalue weighted by Crippen LogP contribution is -2.39. The Morgan fingerprint density at radius 3 is 2.64 bits per heavy atom. The van der Waals surface area contributed by atoms with E-state index < -0.39 is 23.2 Å². The van der Waals surface area contributed by atoms with Gasteiger partial charge in [0.05, 0.1) is 17.9 Å². The van der Waals surface area contributed by atoms with Crippen molar-refractivity contribution in [1.82, 2.24) is 14.9 Å². The number of imidazole rings is 1. The smallest absolute Gasteiger partial charge is 0.307 e. The number of carboxylic acid groups (broad SMARTS) is 1. The van der Waals surface area contributed by atoms with Gasteiger partial charge in [-0.05, 0) is 31.1 Å². The Hall–Kier alpha value is -1.89. The zero-order valence-electron chi connectivity index (χ0n) is 15.1. The average Bonchev–Trinajstić information content (AvgIpc) is 2.94. The predicted octanol–water partition coefficient (Wildman–Crippen LogP) is 1.84. The summed E-state index contributed by atoms with van der Waals surface area (Å²) < 4.78 is 7.49. The molecule has 0 aromatic carbocycles. The molecule has 1 saturated heterocycles. The molecule has 1 aliphatic carbocycles. The fourth-order valence-electron chi connectivity index (χ4n) is 4.14. The summed E-state index contributed by atoms with van der Waals surface area (Å²) in [5.74, 6) is -1.10. The number of hydrogen-bond donors (Lipinski definition) is 2. The van der Waals surface area contributed by atoms with Crippen molar-refractivity contribution in [2.45, 2.75) is 46.2 Å². The lowest BCUT2D eigenvalue weighted by atomic mass is 9.90. The average molecular weight is 349 g/mol. The molecule has 0 bridgehead atoms. The zero-order chi connectivity index (χ0) is 18.2. The van der Waals surface area contributed by atoms with Crippen LogP contribution in [-0.2, 0) is 20.9 Å². The third kappa shape index (κ3) is 3.29. The zero-order valence-corrected chi connectivity index (χ0v) is 15.1. The molecule has 2 aliphatic rings. The molecule has 7 heteroatoms. The first-order valence-corrected chi connectivity index (χ1v) is 8.99. The van der Waals surface area contributed by atoms with E-state index in [0.717, 1.165) is 25.2 Å². The fourth-order valence-corrected chi connectivity index (χ4v) is 4.14. The second kappa shape index (κ2) is 6.78. The SMILES string of the molecule is CCn1ccnc1C(NC(=O)[C@@H]1[C@H](C(=O)O)C1(C)C)C1CCOCC1. The lowest BCUT2D eigenvalue weighted by Gasteiger charge is -2.31. The maximum atomic E-state index is 12.8. The van der Waals surface area contributed by atoms with Gasteiger partial charge in [-0.15, -0.1) is 0 Å². The van der Waals surface area contributed by atoms with Gasteiger partial charge < -0.3 is 19.7 Å². The number of carboxylic acids is 1. The molecule has 25 heavy (non-hydrogen) atoms. The third-order valence-corrected chi connectivity index (χ3v) is 5.78. The van der Waals surface area contributed by atoms with Crippen LogP contribution in [0.5, 0.6) is 0 Å². The van der Waals surface area contributed by atoms with E-state index in [1.54, 1.807) is 6.20 Å². The fraction of sp³-hybridized carbons (Fsp3) is 0.722. The number of amides is 1. The molecule has 2 heterocycles. The van der Waals surface area contributed by atoms with Crippen LogP contribution in [0.1, 0.15) is 45.5 Å². The second-order valence-electron chi connectivity index (χ2n) is 7.62. The van der Waals surface area contributed by atoms with Gasteiger partial charge in [0, 0.05) is 32.2 Å². The predicted molar refractivity (Wildman–Crippen MR) is 90.7 cm³/mol. The van der Waals surface area contributed by atoms with Crippen LogP contribution in [0.2, 0.25) is 0 Å². The topological polar surface area (TPSA) is 93.5 Å². The molecule has 3 rings (SSSR count). The monoisotopic (exact) mass is 349 g/mol. The van der Waals surface area contributed by atoms with Crippen molar-refractivity contribution in [3.8, 4) is 0 Å². The summed E-state index contributed by atoms with van der Waals surface area (Å²) in [6.07, 6.45) is 5.38. The van der Waals surface area contributed by atoms with Crippen LogP contribution in [0.3, 0.4) is 0 Å². The van der Waals surface area contributed by atoms with Crippen LogP contribution in [0.4, 0.5) is 0 Å². The molecule has 1 amide bonds. The van der Waals surface area contributed by atoms with Crippen LogP contribution >= 0.6 is 0 Å². The van der Waals surface area contributed by atoms with Crippen LogP contribution in [0.15, 0.2) is 12.4 Å². The first kappa shape index (κ1) is 17.9. The van der Waals surface area contributed by atoms with Gasteiger partial charge in [0.25, 0.3) is 0 Å². The maximum absolute atomic E-state index is 12.8. The molecule has 138 valence electrons. The lowest BCUT2D eigenvalue weighted by molar-refractivity contribution is -0.140. The molecule has 1 aromatic rings. The Morgan fingerprint density at radius 2 is 2.08 bits per heavy atom. The molecule has 1 aliphatic heterocycles. The number of nitrogens with zero attached hydrogens (tertiary/aromatic N) is 2. The van der Waals surface area contributed by atoms with Crippen molar-refractivity contribution in [2.75, 3.05) is 13.2 Å². The molecule has 0 spiro atoms. The van der Waals surface area contributed by atoms with Gasteiger partial charge in [-0.1, -0.05) is 13.8 Å². The largest absolute Gasteiger partial charge is 0.481 e. The molecule has 0 radical (unpaired) electrons. The summed E-state index contributed by atoms with van der Waals surface area (Å²) in [5, 5.41) is 12.5. The number of hydrogen-bond acceptors (Lipinski definition) is 4. The number of carbonyl (C=O) groups is 2. The second-order valence-corrected chi connectivity index (χ2v) is 7.62. The molecule has 1 aromatic heterocycles. The van der Waals surface area contributed by atoms with Crippen molar-refractivity contribution >= 4 is 11.9 Å². The van der Waals surface area contributed by atoms with Crippen LogP contribution in [0, 0.1) is 23.2 Å². The summed E-state index contributed by atoms with van der Waals surface area (Å²) in [4.78, 5) is 28.7. The molecular formula is C18H27N3O4. The Labute approximate surface area is 147 Å². The number of ether oxygens (including phenoxy) is 1. The number of aryl methyl sites for hydroxylation is 1. The Kier molecular flexibility index (Phi) is 4.86. The highest BCUT2D eigenvalue weighted by Crippen LogP contribution is 2.58. The van der Waals surface area contributed by atoms with Crippen molar-refractivity contribution in [1.29, 1.82) is 0 Å². The summed E-state index contributed by atoms with van der Waals surface area (Å²) in [6, 6.07) is -0.211. The van der Waals surface area contributed by atoms with E-state index in [4.69, 9.17) is 4.74 Å². The molecular weight excluding hydrogens is 322 g/mol. The standard InChI is InChI=1S/C18H27N3O4/c1-4-21-8-7-19-15(21)14(11-5-9-25-10-6-11)20-16(22)12-13(17(23)24)18(12,2)3/h7-8,11-14H,4-6,9-10H2,1-3H3,(H,20,22)(H,23,24)/t12-,13+,14?/m0/s1. The van der Waals surface area contributed by atoms with E-state index in [1.807, 2.05) is 31.5 Å². The van der Waals surface area contributed by atoms with Gasteiger partial charge >= 0.3 is 5.97 Å². The van der Waals surface area contributed by atoms with Crippen molar-refractivity contribution in [3.05, 3.63) is 18.2 Å². The minimum absolute atomic E-state index is 0.181. The minimum atomic E-state index is -0.900. The summed E-state index contributed by atoms with van der Waals surface area (Å²) in [5.41, 5.74) is -0.504. The maximum Gasteiger partial charge on any atom is 0.307 e. The normalized spacial score (nSPS) is 26.8. The molecule has 2 fully saturated rings. The Balaban J connectivity index is 1.81. The van der Waals surface area contributed by atoms with Gasteiger partial charge in [0.1, 0.15) is 5.82 Å². The van der Waals surface area contributed by atoms with Crippen LogP contribution in [-0.4, -0.2) is 39.7 Å². The van der Waals surface area contributed by atoms with Gasteiger partial charge in [-0.3, -0.25) is 9.59 Å². The summed E-state index contributed by atoms with van der Waals surface area (Å²) >= 11 is 0. The molecule has 1 unspecified atom stereocenters. The number of carbonyl (C=O) groups excluding carboxylic acids is 1. The number of nitrogens with one attached hydrogen (secondary N) is 1. The Bertz CT molecular complexity index is 649. The van der Waals surface area contributed by atoms with Gasteiger partial charge in [0.15, 0.2) is 0 Å². The molecule has 2 N–H and O–H groups in total. The van der Waals surface area contributed by atoms with Crippen molar-refractivity contribution in [2.24, 2.45) is 23.2 Å². The quantitative estimate of drug-likeness (QED) is 0.817. The van der Waals surface area contributed by atoms with Crippen LogP contribution < -0.4 is 5.32 Å². The van der Waals surface area contributed by atoms with Gasteiger partial charge in [0.2, 0.25) is 5.91 Å². The summed E-state index contributed by atoms with van der Waals surface area (Å²) in [6.45, 7) is 7.85. The first-order valence-electron chi connectivity index (χ1n) is 8.99. The number of aromatic nitrogens is 2. The van der Waals surface area contributed by atoms with E-state index in [2.05, 4.69) is 10.3 Å². The van der Waals surface area contributed by atoms with E-state index in [1.165, 1.54) is 0 Å². The van der Waals surface area contributed by atoms with Crippen molar-refractivity contribution in [3.63, 3.8) is 0 Å². The molecule has 3 atom stereocenters. The molecule has 7 nitrogen and oxygen atoms in total. The van der Waals surface area contributed by atoms with E-state index in [-0.39, 0.29) is 17.9 Å². The minimum Gasteiger partial charge on any atom is -0.481 e. The first-order chi connectivity index (χ1) is 11.9. The third-order valence-electron chi connectivity index (χ3n) is 5.78. The number of aliphatic carboxylic acids is 1. The van der Waals surface area contributed by atoms with Gasteiger partial charge in [-0.25, -0.2) is 4.98 Å². The summed E-state index contributed by atoms with van der Waals surface area (Å²) in [7, 11) is 0.